The van der Waals surface area contributed by atoms with Crippen LogP contribution in [0.25, 0.3) is 10.2 Å². The second-order valence-electron chi connectivity index (χ2n) is 6.81. The third kappa shape index (κ3) is 4.20. The van der Waals surface area contributed by atoms with Crippen LogP contribution in [-0.2, 0) is 4.79 Å². The maximum atomic E-state index is 12.5. The number of thioether (sulfide) groups is 1. The number of nitrogens with zero attached hydrogens (tertiary/aromatic N) is 2. The van der Waals surface area contributed by atoms with E-state index in [2.05, 4.69) is 10.3 Å². The van der Waals surface area contributed by atoms with E-state index in [1.165, 1.54) is 11.8 Å². The molecule has 0 aliphatic carbocycles. The Morgan fingerprint density at radius 3 is 2.75 bits per heavy atom. The Balaban J connectivity index is 1.43. The third-order valence-corrected chi connectivity index (χ3v) is 6.94. The molecular formula is C21H21N3O2S2. The zero-order chi connectivity index (χ0) is 19.5. The average Bonchev–Trinajstić information content (AvgIpc) is 3.36. The van der Waals surface area contributed by atoms with Crippen LogP contribution in [0.15, 0.2) is 46.8 Å². The van der Waals surface area contributed by atoms with Crippen LogP contribution < -0.4 is 5.32 Å². The van der Waals surface area contributed by atoms with Gasteiger partial charge >= 0.3 is 0 Å². The number of rotatable bonds is 5. The first-order valence-corrected chi connectivity index (χ1v) is 11.1. The maximum Gasteiger partial charge on any atom is 0.255 e. The van der Waals surface area contributed by atoms with E-state index in [4.69, 9.17) is 0 Å². The van der Waals surface area contributed by atoms with E-state index < -0.39 is 0 Å². The van der Waals surface area contributed by atoms with Gasteiger partial charge in [-0.05, 0) is 49.6 Å². The summed E-state index contributed by atoms with van der Waals surface area (Å²) in [6.45, 7) is 3.68. The van der Waals surface area contributed by atoms with Crippen molar-refractivity contribution in [3.8, 4) is 0 Å². The maximum absolute atomic E-state index is 12.5. The number of fused-ring (bicyclic) bond motifs is 1. The summed E-state index contributed by atoms with van der Waals surface area (Å²) < 4.78 is 1.88. The standard InChI is InChI=1S/C21H21N3O2S2/c1-14-6-2-3-7-16(14)20(26)22-15-8-9-17-18(12-15)28-21(23-17)27-13-19(25)24-10-4-5-11-24/h2-3,6-9,12H,4-5,10-11,13H2,1H3,(H,22,26). The molecule has 1 aliphatic heterocycles. The Kier molecular flexibility index (Phi) is 5.64. The summed E-state index contributed by atoms with van der Waals surface area (Å²) in [5, 5.41) is 2.96. The van der Waals surface area contributed by atoms with Gasteiger partial charge in [0.1, 0.15) is 0 Å². The van der Waals surface area contributed by atoms with Gasteiger partial charge in [0.05, 0.1) is 16.0 Å². The van der Waals surface area contributed by atoms with E-state index in [-0.39, 0.29) is 11.8 Å². The number of carbonyl (C=O) groups is 2. The lowest BCUT2D eigenvalue weighted by molar-refractivity contribution is -0.127. The molecule has 1 N–H and O–H groups in total. The third-order valence-electron chi connectivity index (χ3n) is 4.79. The van der Waals surface area contributed by atoms with Crippen LogP contribution in [0, 0.1) is 6.92 Å². The van der Waals surface area contributed by atoms with Crippen molar-refractivity contribution in [1.29, 1.82) is 0 Å². The quantitative estimate of drug-likeness (QED) is 0.625. The van der Waals surface area contributed by atoms with E-state index in [0.29, 0.717) is 11.3 Å². The number of aromatic nitrogens is 1. The van der Waals surface area contributed by atoms with E-state index in [1.54, 1.807) is 11.3 Å². The van der Waals surface area contributed by atoms with Gasteiger partial charge < -0.3 is 10.2 Å². The highest BCUT2D eigenvalue weighted by Gasteiger charge is 2.18. The highest BCUT2D eigenvalue weighted by atomic mass is 32.2. The highest BCUT2D eigenvalue weighted by molar-refractivity contribution is 8.01. The number of hydrogen-bond donors (Lipinski definition) is 1. The van der Waals surface area contributed by atoms with Crippen LogP contribution in [-0.4, -0.2) is 40.5 Å². The van der Waals surface area contributed by atoms with Crippen molar-refractivity contribution in [3.63, 3.8) is 0 Å². The SMILES string of the molecule is Cc1ccccc1C(=O)Nc1ccc2nc(SCC(=O)N3CCCC3)sc2c1. The molecule has 0 atom stereocenters. The van der Waals surface area contributed by atoms with Gasteiger partial charge in [0.15, 0.2) is 4.34 Å². The lowest BCUT2D eigenvalue weighted by atomic mass is 10.1. The first-order valence-electron chi connectivity index (χ1n) is 9.28. The second-order valence-corrected chi connectivity index (χ2v) is 9.06. The summed E-state index contributed by atoms with van der Waals surface area (Å²) in [7, 11) is 0. The smallest absolute Gasteiger partial charge is 0.255 e. The van der Waals surface area contributed by atoms with Gasteiger partial charge in [-0.25, -0.2) is 4.98 Å². The Labute approximate surface area is 172 Å². The summed E-state index contributed by atoms with van der Waals surface area (Å²) in [4.78, 5) is 31.2. The highest BCUT2D eigenvalue weighted by Crippen LogP contribution is 2.31. The van der Waals surface area contributed by atoms with Gasteiger partial charge in [-0.15, -0.1) is 11.3 Å². The molecule has 2 aromatic carbocycles. The van der Waals surface area contributed by atoms with Crippen LogP contribution in [0.3, 0.4) is 0 Å². The predicted molar refractivity (Wildman–Crippen MR) is 115 cm³/mol. The monoisotopic (exact) mass is 411 g/mol. The van der Waals surface area contributed by atoms with Crippen LogP contribution in [0.1, 0.15) is 28.8 Å². The number of benzene rings is 2. The molecule has 5 nitrogen and oxygen atoms in total. The molecule has 1 aliphatic rings. The van der Waals surface area contributed by atoms with Gasteiger partial charge in [0, 0.05) is 24.3 Å². The number of nitrogens with one attached hydrogen (secondary N) is 1. The van der Waals surface area contributed by atoms with Crippen LogP contribution >= 0.6 is 23.1 Å². The molecule has 3 aromatic rings. The molecule has 0 saturated carbocycles. The lowest BCUT2D eigenvalue weighted by Crippen LogP contribution is -2.29. The number of anilines is 1. The van der Waals surface area contributed by atoms with Crippen LogP contribution in [0.5, 0.6) is 0 Å². The molecule has 1 saturated heterocycles. The van der Waals surface area contributed by atoms with E-state index >= 15 is 0 Å². The summed E-state index contributed by atoms with van der Waals surface area (Å²) in [5.74, 6) is 0.497. The number of aryl methyl sites for hydroxylation is 1. The van der Waals surface area contributed by atoms with Crippen molar-refractivity contribution >= 4 is 50.8 Å². The van der Waals surface area contributed by atoms with Gasteiger partial charge in [0.25, 0.3) is 5.91 Å². The van der Waals surface area contributed by atoms with Crippen molar-refractivity contribution in [2.45, 2.75) is 24.1 Å². The Hall–Kier alpha value is -2.38. The molecule has 4 rings (SSSR count). The van der Waals surface area contributed by atoms with Gasteiger partial charge in [-0.1, -0.05) is 30.0 Å². The summed E-state index contributed by atoms with van der Waals surface area (Å²) in [6, 6.07) is 13.2. The minimum Gasteiger partial charge on any atom is -0.342 e. The van der Waals surface area contributed by atoms with E-state index in [0.717, 1.165) is 51.7 Å². The minimum absolute atomic E-state index is 0.118. The van der Waals surface area contributed by atoms with Crippen LogP contribution in [0.2, 0.25) is 0 Å². The van der Waals surface area contributed by atoms with Crippen molar-refractivity contribution in [1.82, 2.24) is 9.88 Å². The molecular weight excluding hydrogens is 390 g/mol. The molecule has 28 heavy (non-hydrogen) atoms. The number of amides is 2. The molecule has 7 heteroatoms. The molecule has 2 amide bonds. The Morgan fingerprint density at radius 1 is 1.18 bits per heavy atom. The molecule has 144 valence electrons. The average molecular weight is 412 g/mol. The zero-order valence-electron chi connectivity index (χ0n) is 15.6. The fourth-order valence-electron chi connectivity index (χ4n) is 3.25. The van der Waals surface area contributed by atoms with Crippen molar-refractivity contribution in [3.05, 3.63) is 53.6 Å². The van der Waals surface area contributed by atoms with Crippen molar-refractivity contribution < 1.29 is 9.59 Å². The summed E-state index contributed by atoms with van der Waals surface area (Å²) in [5.41, 5.74) is 3.24. The molecule has 0 spiro atoms. The number of carbonyl (C=O) groups excluding carboxylic acids is 2. The van der Waals surface area contributed by atoms with Gasteiger partial charge in [-0.3, -0.25) is 9.59 Å². The molecule has 1 aromatic heterocycles. The number of hydrogen-bond acceptors (Lipinski definition) is 5. The van der Waals surface area contributed by atoms with Crippen molar-refractivity contribution in [2.75, 3.05) is 24.2 Å². The molecule has 2 heterocycles. The lowest BCUT2D eigenvalue weighted by Gasteiger charge is -2.13. The fraction of sp³-hybridized carbons (Fsp3) is 0.286. The topological polar surface area (TPSA) is 62.3 Å². The van der Waals surface area contributed by atoms with Gasteiger partial charge in [0.2, 0.25) is 5.91 Å². The first-order chi connectivity index (χ1) is 13.6. The summed E-state index contributed by atoms with van der Waals surface area (Å²) in [6.07, 6.45) is 2.21. The largest absolute Gasteiger partial charge is 0.342 e. The molecule has 0 unspecified atom stereocenters. The van der Waals surface area contributed by atoms with Crippen LogP contribution in [0.4, 0.5) is 5.69 Å². The van der Waals surface area contributed by atoms with E-state index in [1.807, 2.05) is 54.3 Å². The second kappa shape index (κ2) is 8.32. The molecule has 1 fully saturated rings. The fourth-order valence-corrected chi connectivity index (χ4v) is 5.26. The number of thiazole rings is 1. The first kappa shape index (κ1) is 19.0. The minimum atomic E-state index is -0.118. The van der Waals surface area contributed by atoms with Gasteiger partial charge in [-0.2, -0.15) is 0 Å². The normalized spacial score (nSPS) is 13.8. The molecule has 0 radical (unpaired) electrons. The van der Waals surface area contributed by atoms with Crippen molar-refractivity contribution in [2.24, 2.45) is 0 Å². The predicted octanol–water partition coefficient (Wildman–Crippen LogP) is 4.57. The Bertz CT molecular complexity index is 1030. The van der Waals surface area contributed by atoms with E-state index in [9.17, 15) is 9.59 Å². The number of likely N-dealkylation sites (tertiary alicyclic amines) is 1. The molecule has 0 bridgehead atoms. The Morgan fingerprint density at radius 2 is 1.96 bits per heavy atom. The summed E-state index contributed by atoms with van der Waals surface area (Å²) >= 11 is 3.04. The zero-order valence-corrected chi connectivity index (χ0v) is 17.2.